The van der Waals surface area contributed by atoms with Crippen molar-refractivity contribution in [2.45, 2.75) is 25.7 Å². The number of amides is 1. The van der Waals surface area contributed by atoms with E-state index < -0.39 is 0 Å². The lowest BCUT2D eigenvalue weighted by molar-refractivity contribution is -0.123. The summed E-state index contributed by atoms with van der Waals surface area (Å²) in [6.07, 6.45) is 7.64. The van der Waals surface area contributed by atoms with Crippen LogP contribution in [0, 0.1) is 0 Å². The maximum atomic E-state index is 11.2. The molecule has 0 N–H and O–H groups in total. The van der Waals surface area contributed by atoms with E-state index in [1.807, 2.05) is 0 Å². The van der Waals surface area contributed by atoms with Crippen LogP contribution >= 0.6 is 0 Å². The van der Waals surface area contributed by atoms with Crippen molar-refractivity contribution >= 4 is 12.2 Å². The van der Waals surface area contributed by atoms with Crippen LogP contribution in [0.2, 0.25) is 0 Å². The molecule has 3 nitrogen and oxygen atoms in total. The fourth-order valence-electron chi connectivity index (χ4n) is 1.42. The summed E-state index contributed by atoms with van der Waals surface area (Å²) >= 11 is 0. The molecule has 0 aromatic heterocycles. The zero-order chi connectivity index (χ0) is 10.4. The van der Waals surface area contributed by atoms with E-state index in [9.17, 15) is 9.59 Å². The largest absolute Gasteiger partial charge is 0.309 e. The Bertz CT molecular complexity index is 250. The molecule has 0 aliphatic carbocycles. The van der Waals surface area contributed by atoms with Crippen molar-refractivity contribution in [1.82, 2.24) is 4.90 Å². The van der Waals surface area contributed by atoms with Gasteiger partial charge in [-0.15, -0.1) is 0 Å². The van der Waals surface area contributed by atoms with Gasteiger partial charge in [0.2, 0.25) is 0 Å². The first-order valence-corrected chi connectivity index (χ1v) is 4.88. The molecule has 0 bridgehead atoms. The van der Waals surface area contributed by atoms with Gasteiger partial charge in [0.1, 0.15) is 6.29 Å². The predicted octanol–water partition coefficient (Wildman–Crippen LogP) is 1.66. The molecule has 0 spiro atoms. The Hall–Kier alpha value is -1.38. The Morgan fingerprint density at radius 1 is 1.29 bits per heavy atom. The molecule has 0 radical (unpaired) electrons. The van der Waals surface area contributed by atoms with Crippen LogP contribution in [0.25, 0.3) is 0 Å². The van der Waals surface area contributed by atoms with Crippen molar-refractivity contribution in [3.8, 4) is 0 Å². The first kappa shape index (κ1) is 10.7. The quantitative estimate of drug-likeness (QED) is 0.475. The summed E-state index contributed by atoms with van der Waals surface area (Å²) in [5, 5.41) is 0. The lowest BCUT2D eigenvalue weighted by Gasteiger charge is -2.16. The van der Waals surface area contributed by atoms with Crippen molar-refractivity contribution < 1.29 is 9.59 Å². The molecule has 1 amide bonds. The van der Waals surface area contributed by atoms with Crippen LogP contribution in [-0.4, -0.2) is 23.6 Å². The molecule has 76 valence electrons. The average molecular weight is 193 g/mol. The maximum absolute atomic E-state index is 11.2. The minimum atomic E-state index is 0.0189. The Labute approximate surface area is 84.1 Å². The number of nitrogens with zero attached hydrogens (tertiary/aromatic N) is 1. The van der Waals surface area contributed by atoms with Gasteiger partial charge >= 0.3 is 0 Å². The Kier molecular flexibility index (Phi) is 4.11. The summed E-state index contributed by atoms with van der Waals surface area (Å²) in [5.74, 6) is 0.0189. The van der Waals surface area contributed by atoms with Crippen LogP contribution in [0.5, 0.6) is 0 Å². The fraction of sp³-hybridized carbons (Fsp3) is 0.455. The second-order valence-electron chi connectivity index (χ2n) is 3.33. The maximum Gasteiger partial charge on any atom is 0.251 e. The number of carbonyl (C=O) groups excluding carboxylic acids is 2. The van der Waals surface area contributed by atoms with Crippen LogP contribution in [-0.2, 0) is 9.59 Å². The molecule has 1 heterocycles. The van der Waals surface area contributed by atoms with E-state index in [2.05, 4.69) is 6.58 Å². The highest BCUT2D eigenvalue weighted by Gasteiger charge is 2.17. The van der Waals surface area contributed by atoms with Gasteiger partial charge in [0.25, 0.3) is 5.91 Å². The third-order valence-corrected chi connectivity index (χ3v) is 2.23. The fourth-order valence-corrected chi connectivity index (χ4v) is 1.42. The lowest BCUT2D eigenvalue weighted by atomic mass is 10.2. The summed E-state index contributed by atoms with van der Waals surface area (Å²) < 4.78 is 0. The van der Waals surface area contributed by atoms with Gasteiger partial charge in [-0.05, 0) is 18.9 Å². The number of hydrogen-bond donors (Lipinski definition) is 0. The second-order valence-corrected chi connectivity index (χ2v) is 3.33. The van der Waals surface area contributed by atoms with Gasteiger partial charge in [0.05, 0.1) is 0 Å². The Morgan fingerprint density at radius 2 is 2.07 bits per heavy atom. The van der Waals surface area contributed by atoms with Crippen LogP contribution in [0.3, 0.4) is 0 Å². The van der Waals surface area contributed by atoms with E-state index in [0.29, 0.717) is 13.0 Å². The van der Waals surface area contributed by atoms with Gasteiger partial charge in [-0.25, -0.2) is 0 Å². The van der Waals surface area contributed by atoms with Crippen molar-refractivity contribution in [3.05, 3.63) is 24.4 Å². The molecule has 3 heteroatoms. The van der Waals surface area contributed by atoms with Crippen LogP contribution in [0.15, 0.2) is 24.4 Å². The molecule has 0 aromatic rings. The summed E-state index contributed by atoms with van der Waals surface area (Å²) in [7, 11) is 0. The zero-order valence-electron chi connectivity index (χ0n) is 8.24. The summed E-state index contributed by atoms with van der Waals surface area (Å²) in [4.78, 5) is 22.9. The molecule has 0 aromatic carbocycles. The van der Waals surface area contributed by atoms with Crippen molar-refractivity contribution in [2.75, 3.05) is 6.54 Å². The normalized spacial score (nSPS) is 15.3. The van der Waals surface area contributed by atoms with Gasteiger partial charge in [0.15, 0.2) is 0 Å². The smallest absolute Gasteiger partial charge is 0.251 e. The van der Waals surface area contributed by atoms with Crippen molar-refractivity contribution in [2.24, 2.45) is 0 Å². The topological polar surface area (TPSA) is 37.4 Å². The molecule has 14 heavy (non-hydrogen) atoms. The Balaban J connectivity index is 2.15. The zero-order valence-corrected chi connectivity index (χ0v) is 8.24. The second kappa shape index (κ2) is 5.37. The third kappa shape index (κ3) is 2.83. The molecule has 1 rings (SSSR count). The number of allylic oxidation sites excluding steroid dienone is 1. The first-order chi connectivity index (χ1) is 6.75. The van der Waals surface area contributed by atoms with E-state index in [1.54, 1.807) is 11.0 Å². The SMILES string of the molecule is C=C1C=CC(=O)N1CCCCCC=O. The number of unbranched alkanes of at least 4 members (excludes halogenated alkanes) is 3. The van der Waals surface area contributed by atoms with Crippen molar-refractivity contribution in [1.29, 1.82) is 0 Å². The highest BCUT2D eigenvalue weighted by Crippen LogP contribution is 2.14. The standard InChI is InChI=1S/C11H15NO2/c1-10-6-7-11(14)12(10)8-4-2-3-5-9-13/h6-7,9H,1-5,8H2. The van der Waals surface area contributed by atoms with E-state index in [4.69, 9.17) is 0 Å². The minimum absolute atomic E-state index is 0.0189. The number of rotatable bonds is 6. The molecule has 0 fully saturated rings. The van der Waals surface area contributed by atoms with Crippen molar-refractivity contribution in [3.63, 3.8) is 0 Å². The molecule has 1 aliphatic rings. The van der Waals surface area contributed by atoms with E-state index in [1.165, 1.54) is 6.08 Å². The summed E-state index contributed by atoms with van der Waals surface area (Å²) in [6.45, 7) is 4.48. The van der Waals surface area contributed by atoms with E-state index >= 15 is 0 Å². The molecule has 0 atom stereocenters. The van der Waals surface area contributed by atoms with Gasteiger partial charge in [-0.1, -0.05) is 13.0 Å². The molecular weight excluding hydrogens is 178 g/mol. The lowest BCUT2D eigenvalue weighted by Crippen LogP contribution is -2.24. The number of hydrogen-bond acceptors (Lipinski definition) is 2. The van der Waals surface area contributed by atoms with Gasteiger partial charge < -0.3 is 9.69 Å². The molecule has 0 saturated carbocycles. The van der Waals surface area contributed by atoms with Crippen LogP contribution < -0.4 is 0 Å². The van der Waals surface area contributed by atoms with Crippen LogP contribution in [0.1, 0.15) is 25.7 Å². The first-order valence-electron chi connectivity index (χ1n) is 4.88. The van der Waals surface area contributed by atoms with Crippen LogP contribution in [0.4, 0.5) is 0 Å². The highest BCUT2D eigenvalue weighted by atomic mass is 16.2. The number of carbonyl (C=O) groups is 2. The van der Waals surface area contributed by atoms with Gasteiger partial charge in [0, 0.05) is 24.7 Å². The molecule has 0 unspecified atom stereocenters. The number of aldehydes is 1. The van der Waals surface area contributed by atoms with Gasteiger partial charge in [-0.2, -0.15) is 0 Å². The summed E-state index contributed by atoms with van der Waals surface area (Å²) in [6, 6.07) is 0. The molecule has 0 saturated heterocycles. The minimum Gasteiger partial charge on any atom is -0.309 e. The molecule has 1 aliphatic heterocycles. The predicted molar refractivity (Wildman–Crippen MR) is 54.5 cm³/mol. The third-order valence-electron chi connectivity index (χ3n) is 2.23. The molecular formula is C11H15NO2. The van der Waals surface area contributed by atoms with E-state index in [-0.39, 0.29) is 5.91 Å². The summed E-state index contributed by atoms with van der Waals surface area (Å²) in [5.41, 5.74) is 0.769. The Morgan fingerprint density at radius 3 is 2.64 bits per heavy atom. The monoisotopic (exact) mass is 193 g/mol. The highest BCUT2D eigenvalue weighted by molar-refractivity contribution is 5.92. The van der Waals surface area contributed by atoms with Gasteiger partial charge in [-0.3, -0.25) is 4.79 Å². The average Bonchev–Trinajstić information content (AvgIpc) is 2.48. The van der Waals surface area contributed by atoms with E-state index in [0.717, 1.165) is 31.2 Å².